The molecule has 0 heterocycles. The van der Waals surface area contributed by atoms with E-state index in [0.717, 1.165) is 0 Å². The average molecular weight is 455 g/mol. The van der Waals surface area contributed by atoms with Crippen LogP contribution in [0.5, 0.6) is 0 Å². The molecule has 1 aliphatic carbocycles. The lowest BCUT2D eigenvalue weighted by molar-refractivity contribution is 1.59. The highest BCUT2D eigenvalue weighted by atomic mass is 14.3. The van der Waals surface area contributed by atoms with Crippen LogP contribution in [0.3, 0.4) is 0 Å². The summed E-state index contributed by atoms with van der Waals surface area (Å²) in [6.45, 7) is 0. The first kappa shape index (κ1) is 19.6. The Bertz CT molecular complexity index is 1960. The van der Waals surface area contributed by atoms with Crippen molar-refractivity contribution in [2.24, 2.45) is 0 Å². The molecule has 0 aromatic heterocycles. The van der Waals surface area contributed by atoms with Crippen LogP contribution < -0.4 is 0 Å². The molecule has 8 rings (SSSR count). The highest BCUT2D eigenvalue weighted by Crippen LogP contribution is 2.51. The normalized spacial score (nSPS) is 11.9. The van der Waals surface area contributed by atoms with Crippen LogP contribution in [0, 0.1) is 0 Å². The molecular weight excluding hydrogens is 432 g/mol. The molecule has 0 heteroatoms. The molecule has 0 N–H and O–H groups in total. The molecule has 0 fully saturated rings. The van der Waals surface area contributed by atoms with Crippen molar-refractivity contribution in [3.8, 4) is 44.5 Å². The van der Waals surface area contributed by atoms with Crippen LogP contribution in [0.4, 0.5) is 0 Å². The number of hydrogen-bond donors (Lipinski definition) is 0. The summed E-state index contributed by atoms with van der Waals surface area (Å²) in [6, 6.07) is 49.0. The van der Waals surface area contributed by atoms with Gasteiger partial charge in [-0.15, -0.1) is 0 Å². The molecule has 0 saturated carbocycles. The van der Waals surface area contributed by atoms with Crippen molar-refractivity contribution in [1.82, 2.24) is 0 Å². The first-order valence-corrected chi connectivity index (χ1v) is 12.5. The molecule has 0 aliphatic heterocycles. The van der Waals surface area contributed by atoms with E-state index < -0.39 is 0 Å². The molecule has 36 heavy (non-hydrogen) atoms. The van der Waals surface area contributed by atoms with Crippen molar-refractivity contribution in [2.75, 3.05) is 0 Å². The van der Waals surface area contributed by atoms with Crippen LogP contribution in [0.15, 0.2) is 133 Å². The van der Waals surface area contributed by atoms with Crippen LogP contribution in [-0.2, 0) is 0 Å². The van der Waals surface area contributed by atoms with Crippen LogP contribution in [-0.4, -0.2) is 0 Å². The zero-order valence-electron chi connectivity index (χ0n) is 19.7. The summed E-state index contributed by atoms with van der Waals surface area (Å²) in [6.07, 6.45) is 0. The van der Waals surface area contributed by atoms with Gasteiger partial charge in [-0.1, -0.05) is 121 Å². The van der Waals surface area contributed by atoms with E-state index in [4.69, 9.17) is 0 Å². The number of benzene rings is 7. The minimum atomic E-state index is 1.25. The van der Waals surface area contributed by atoms with Gasteiger partial charge in [-0.3, -0.25) is 0 Å². The van der Waals surface area contributed by atoms with Gasteiger partial charge < -0.3 is 0 Å². The summed E-state index contributed by atoms with van der Waals surface area (Å²) in [7, 11) is 0. The minimum absolute atomic E-state index is 1.25. The second-order valence-electron chi connectivity index (χ2n) is 9.74. The molecule has 0 amide bonds. The first-order chi connectivity index (χ1) is 17.8. The smallest absolute Gasteiger partial charge is 0.00199 e. The third-order valence-electron chi connectivity index (χ3n) is 7.81. The van der Waals surface area contributed by atoms with Gasteiger partial charge in [-0.25, -0.2) is 0 Å². The molecular formula is C36H22. The predicted octanol–water partition coefficient (Wildman–Crippen LogP) is 10.1. The Kier molecular flexibility index (Phi) is 4.03. The summed E-state index contributed by atoms with van der Waals surface area (Å²) in [5.41, 5.74) is 10.4. The molecule has 1 aliphatic rings. The van der Waals surface area contributed by atoms with E-state index in [1.54, 1.807) is 0 Å². The van der Waals surface area contributed by atoms with Crippen LogP contribution in [0.25, 0.3) is 76.8 Å². The number of rotatable bonds is 2. The fourth-order valence-electron chi connectivity index (χ4n) is 6.07. The third-order valence-corrected chi connectivity index (χ3v) is 7.81. The molecule has 0 saturated heterocycles. The molecule has 0 atom stereocenters. The fourth-order valence-corrected chi connectivity index (χ4v) is 6.07. The summed E-state index contributed by atoms with van der Waals surface area (Å²) in [5.74, 6) is 0. The van der Waals surface area contributed by atoms with Crippen molar-refractivity contribution < 1.29 is 0 Å². The average Bonchev–Trinajstić information content (AvgIpc) is 3.27. The zero-order chi connectivity index (χ0) is 23.6. The largest absolute Gasteiger partial charge is 0.0622 e. The maximum Gasteiger partial charge on any atom is -0.00199 e. The van der Waals surface area contributed by atoms with E-state index in [2.05, 4.69) is 133 Å². The lowest BCUT2D eigenvalue weighted by atomic mass is 9.93. The quantitative estimate of drug-likeness (QED) is 0.228. The van der Waals surface area contributed by atoms with Crippen LogP contribution in [0.2, 0.25) is 0 Å². The van der Waals surface area contributed by atoms with E-state index in [1.807, 2.05) is 0 Å². The number of fused-ring (bicyclic) bond motifs is 7. The summed E-state index contributed by atoms with van der Waals surface area (Å²) in [4.78, 5) is 0. The van der Waals surface area contributed by atoms with Crippen molar-refractivity contribution in [3.63, 3.8) is 0 Å². The number of hydrogen-bond acceptors (Lipinski definition) is 0. The molecule has 0 spiro atoms. The Labute approximate surface area is 210 Å². The molecule has 7 aromatic rings. The topological polar surface area (TPSA) is 0 Å². The summed E-state index contributed by atoms with van der Waals surface area (Å²) < 4.78 is 0. The van der Waals surface area contributed by atoms with E-state index >= 15 is 0 Å². The highest BCUT2D eigenvalue weighted by Gasteiger charge is 2.23. The fraction of sp³-hybridized carbons (Fsp3) is 0. The van der Waals surface area contributed by atoms with Gasteiger partial charge in [0, 0.05) is 0 Å². The summed E-state index contributed by atoms with van der Waals surface area (Å²) in [5, 5.41) is 8.00. The molecule has 0 bridgehead atoms. The molecule has 0 radical (unpaired) electrons. The van der Waals surface area contributed by atoms with Gasteiger partial charge in [0.25, 0.3) is 0 Å². The third kappa shape index (κ3) is 2.76. The van der Waals surface area contributed by atoms with E-state index in [1.165, 1.54) is 76.8 Å². The maximum atomic E-state index is 2.43. The standard InChI is InChI=1S/C36H22/c1-2-7-23(8-3-1)24-13-15-25(16-14-24)27-18-20-29-31-11-6-12-32-30-19-17-26-9-4-5-10-28(26)34(30)22-35(36(31)32)33(29)21-27/h1-22H. The Morgan fingerprint density at radius 3 is 1.83 bits per heavy atom. The van der Waals surface area contributed by atoms with Crippen LogP contribution in [0.1, 0.15) is 0 Å². The maximum absolute atomic E-state index is 2.43. The molecule has 166 valence electrons. The van der Waals surface area contributed by atoms with E-state index in [0.29, 0.717) is 0 Å². The molecule has 0 nitrogen and oxygen atoms in total. The zero-order valence-corrected chi connectivity index (χ0v) is 19.7. The Morgan fingerprint density at radius 2 is 0.972 bits per heavy atom. The summed E-state index contributed by atoms with van der Waals surface area (Å²) >= 11 is 0. The SMILES string of the molecule is c1ccc(-c2ccc(-c3ccc4c(c3)-c3cc5c6ccccc6ccc5c5cccc-4c35)cc2)cc1. The van der Waals surface area contributed by atoms with Gasteiger partial charge in [-0.05, 0) is 89.0 Å². The van der Waals surface area contributed by atoms with Crippen molar-refractivity contribution in [1.29, 1.82) is 0 Å². The molecule has 0 unspecified atom stereocenters. The van der Waals surface area contributed by atoms with E-state index in [9.17, 15) is 0 Å². The van der Waals surface area contributed by atoms with Crippen molar-refractivity contribution in [2.45, 2.75) is 0 Å². The molecule has 7 aromatic carbocycles. The van der Waals surface area contributed by atoms with Gasteiger partial charge in [-0.2, -0.15) is 0 Å². The van der Waals surface area contributed by atoms with Crippen LogP contribution >= 0.6 is 0 Å². The van der Waals surface area contributed by atoms with Gasteiger partial charge in [0.05, 0.1) is 0 Å². The first-order valence-electron chi connectivity index (χ1n) is 12.5. The van der Waals surface area contributed by atoms with Gasteiger partial charge in [0.2, 0.25) is 0 Å². The lowest BCUT2D eigenvalue weighted by Crippen LogP contribution is -1.84. The minimum Gasteiger partial charge on any atom is -0.0622 e. The Hall–Kier alpha value is -4.68. The predicted molar refractivity (Wildman–Crippen MR) is 154 cm³/mol. The van der Waals surface area contributed by atoms with Gasteiger partial charge in [0.15, 0.2) is 0 Å². The van der Waals surface area contributed by atoms with Gasteiger partial charge in [0.1, 0.15) is 0 Å². The highest BCUT2D eigenvalue weighted by molar-refractivity contribution is 6.27. The lowest BCUT2D eigenvalue weighted by Gasteiger charge is -2.11. The second kappa shape index (κ2) is 7.41. The monoisotopic (exact) mass is 454 g/mol. The van der Waals surface area contributed by atoms with Crippen molar-refractivity contribution in [3.05, 3.63) is 133 Å². The Morgan fingerprint density at radius 1 is 0.278 bits per heavy atom. The van der Waals surface area contributed by atoms with Gasteiger partial charge >= 0.3 is 0 Å². The van der Waals surface area contributed by atoms with E-state index in [-0.39, 0.29) is 0 Å². The second-order valence-corrected chi connectivity index (χ2v) is 9.74. The Balaban J connectivity index is 1.33. The van der Waals surface area contributed by atoms with Crippen molar-refractivity contribution >= 4 is 32.3 Å².